The van der Waals surface area contributed by atoms with Gasteiger partial charge in [0.05, 0.1) is 16.0 Å². The molecule has 0 radical (unpaired) electrons. The summed E-state index contributed by atoms with van der Waals surface area (Å²) in [6, 6.07) is 4.03. The van der Waals surface area contributed by atoms with Gasteiger partial charge in [-0.15, -0.1) is 6.42 Å². The second-order valence-electron chi connectivity index (χ2n) is 4.86. The molecule has 20 heavy (non-hydrogen) atoms. The molecule has 108 valence electrons. The Labute approximate surface area is 119 Å². The van der Waals surface area contributed by atoms with Crippen LogP contribution in [0, 0.1) is 12.3 Å². The van der Waals surface area contributed by atoms with Crippen LogP contribution < -0.4 is 4.72 Å². The molecule has 1 aromatic rings. The molecule has 2 N–H and O–H groups in total. The van der Waals surface area contributed by atoms with E-state index in [1.165, 1.54) is 12.1 Å². The monoisotopic (exact) mass is 295 g/mol. The first-order valence-corrected chi connectivity index (χ1v) is 7.49. The Morgan fingerprint density at radius 3 is 2.50 bits per heavy atom. The van der Waals surface area contributed by atoms with E-state index < -0.39 is 21.5 Å². The van der Waals surface area contributed by atoms with Crippen molar-refractivity contribution in [3.8, 4) is 12.3 Å². The van der Waals surface area contributed by atoms with Crippen molar-refractivity contribution in [1.29, 1.82) is 0 Å². The molecule has 0 aliphatic carbocycles. The third-order valence-electron chi connectivity index (χ3n) is 2.73. The average Bonchev–Trinajstić information content (AvgIpc) is 2.36. The Bertz CT molecular complexity index is 669. The first-order valence-electron chi connectivity index (χ1n) is 6.01. The van der Waals surface area contributed by atoms with Crippen molar-refractivity contribution in [2.24, 2.45) is 0 Å². The molecule has 1 aromatic carbocycles. The number of sulfonamides is 1. The molecular weight excluding hydrogens is 278 g/mol. The molecular formula is C14H17NO4S. The van der Waals surface area contributed by atoms with Gasteiger partial charge in [-0.05, 0) is 38.0 Å². The molecule has 5 nitrogen and oxygen atoms in total. The normalized spacial score (nSPS) is 11.9. The van der Waals surface area contributed by atoms with Gasteiger partial charge in [0.2, 0.25) is 10.0 Å². The van der Waals surface area contributed by atoms with Gasteiger partial charge in [-0.1, -0.05) is 18.9 Å². The van der Waals surface area contributed by atoms with E-state index in [0.29, 0.717) is 12.0 Å². The number of carboxylic acids is 1. The summed E-state index contributed by atoms with van der Waals surface area (Å²) in [5.41, 5.74) is -0.597. The fraction of sp³-hybridized carbons (Fsp3) is 0.357. The molecule has 0 heterocycles. The first kappa shape index (κ1) is 16.2. The zero-order valence-corrected chi connectivity index (χ0v) is 12.4. The van der Waals surface area contributed by atoms with E-state index in [9.17, 15) is 13.2 Å². The molecule has 0 fully saturated rings. The number of nitrogens with one attached hydrogen (secondary N) is 1. The van der Waals surface area contributed by atoms with Crippen molar-refractivity contribution in [3.05, 3.63) is 29.3 Å². The molecule has 0 aromatic heterocycles. The van der Waals surface area contributed by atoms with E-state index in [0.717, 1.165) is 6.07 Å². The number of terminal acetylenes is 1. The lowest BCUT2D eigenvalue weighted by Crippen LogP contribution is -2.42. The lowest BCUT2D eigenvalue weighted by atomic mass is 10.1. The fourth-order valence-corrected chi connectivity index (χ4v) is 3.33. The standard InChI is InChI=1S/C14H17NO4S/c1-5-10-7-8-11(13(16)17)9-12(10)20(18,19)15-14(3,4)6-2/h2,7-9,15H,5H2,1,3-4H3,(H,16,17). The van der Waals surface area contributed by atoms with Crippen LogP contribution in [0.1, 0.15) is 36.7 Å². The number of rotatable bonds is 5. The Kier molecular flexibility index (Phi) is 4.58. The molecule has 0 aliphatic rings. The van der Waals surface area contributed by atoms with Crippen LogP contribution in [-0.4, -0.2) is 25.0 Å². The summed E-state index contributed by atoms with van der Waals surface area (Å²) in [5.74, 6) is 1.16. The lowest BCUT2D eigenvalue weighted by molar-refractivity contribution is 0.0696. The highest BCUT2D eigenvalue weighted by molar-refractivity contribution is 7.89. The fourth-order valence-electron chi connectivity index (χ4n) is 1.65. The van der Waals surface area contributed by atoms with E-state index in [1.54, 1.807) is 20.8 Å². The summed E-state index contributed by atoms with van der Waals surface area (Å²) in [6.07, 6.45) is 5.73. The van der Waals surface area contributed by atoms with Crippen LogP contribution in [-0.2, 0) is 16.4 Å². The number of aromatic carboxylic acids is 1. The summed E-state index contributed by atoms with van der Waals surface area (Å²) >= 11 is 0. The maximum absolute atomic E-state index is 12.4. The van der Waals surface area contributed by atoms with Crippen LogP contribution in [0.2, 0.25) is 0 Å². The molecule has 0 spiro atoms. The van der Waals surface area contributed by atoms with E-state index in [1.807, 2.05) is 0 Å². The summed E-state index contributed by atoms with van der Waals surface area (Å²) in [7, 11) is -3.88. The summed E-state index contributed by atoms with van der Waals surface area (Å²) < 4.78 is 27.1. The summed E-state index contributed by atoms with van der Waals surface area (Å²) in [4.78, 5) is 10.9. The molecule has 0 saturated heterocycles. The van der Waals surface area contributed by atoms with Crippen molar-refractivity contribution in [1.82, 2.24) is 4.72 Å². The van der Waals surface area contributed by atoms with Crippen LogP contribution in [0.4, 0.5) is 0 Å². The van der Waals surface area contributed by atoms with Crippen molar-refractivity contribution >= 4 is 16.0 Å². The maximum Gasteiger partial charge on any atom is 0.335 e. The van der Waals surface area contributed by atoms with Gasteiger partial charge in [0.1, 0.15) is 0 Å². The zero-order chi connectivity index (χ0) is 15.6. The van der Waals surface area contributed by atoms with Gasteiger partial charge >= 0.3 is 5.97 Å². The number of carboxylic acid groups (broad SMARTS) is 1. The maximum atomic E-state index is 12.4. The molecule has 0 atom stereocenters. The first-order chi connectivity index (χ1) is 9.13. The second-order valence-corrected chi connectivity index (χ2v) is 6.51. The van der Waals surface area contributed by atoms with Crippen molar-refractivity contribution in [2.45, 2.75) is 37.6 Å². The Balaban J connectivity index is 3.40. The van der Waals surface area contributed by atoms with Gasteiger partial charge in [-0.2, -0.15) is 4.72 Å². The van der Waals surface area contributed by atoms with E-state index in [-0.39, 0.29) is 10.5 Å². The van der Waals surface area contributed by atoms with Crippen LogP contribution in [0.15, 0.2) is 23.1 Å². The van der Waals surface area contributed by atoms with E-state index in [2.05, 4.69) is 10.6 Å². The molecule has 0 bridgehead atoms. The number of hydrogen-bond donors (Lipinski definition) is 2. The van der Waals surface area contributed by atoms with Gasteiger partial charge in [-0.3, -0.25) is 0 Å². The highest BCUT2D eigenvalue weighted by Crippen LogP contribution is 2.20. The largest absolute Gasteiger partial charge is 0.478 e. The Hall–Kier alpha value is -1.84. The zero-order valence-electron chi connectivity index (χ0n) is 11.6. The molecule has 0 amide bonds. The van der Waals surface area contributed by atoms with Crippen LogP contribution >= 0.6 is 0 Å². The third-order valence-corrected chi connectivity index (χ3v) is 4.47. The number of carbonyl (C=O) groups is 1. The van der Waals surface area contributed by atoms with Crippen molar-refractivity contribution in [3.63, 3.8) is 0 Å². The molecule has 6 heteroatoms. The average molecular weight is 295 g/mol. The minimum Gasteiger partial charge on any atom is -0.478 e. The third kappa shape index (κ3) is 3.59. The number of hydrogen-bond acceptors (Lipinski definition) is 3. The van der Waals surface area contributed by atoms with Crippen LogP contribution in [0.3, 0.4) is 0 Å². The topological polar surface area (TPSA) is 83.5 Å². The summed E-state index contributed by atoms with van der Waals surface area (Å²) in [5, 5.41) is 8.97. The van der Waals surface area contributed by atoms with E-state index in [4.69, 9.17) is 11.5 Å². The Morgan fingerprint density at radius 2 is 2.05 bits per heavy atom. The minimum absolute atomic E-state index is 0.0526. The molecule has 1 rings (SSSR count). The number of benzene rings is 1. The predicted molar refractivity (Wildman–Crippen MR) is 76.0 cm³/mol. The van der Waals surface area contributed by atoms with Gasteiger partial charge in [0.25, 0.3) is 0 Å². The quantitative estimate of drug-likeness (QED) is 0.809. The van der Waals surface area contributed by atoms with Crippen molar-refractivity contribution in [2.75, 3.05) is 0 Å². The molecule has 0 aliphatic heterocycles. The van der Waals surface area contributed by atoms with Crippen LogP contribution in [0.25, 0.3) is 0 Å². The van der Waals surface area contributed by atoms with Gasteiger partial charge < -0.3 is 5.11 Å². The Morgan fingerprint density at radius 1 is 1.45 bits per heavy atom. The predicted octanol–water partition coefficient (Wildman–Crippen LogP) is 1.64. The highest BCUT2D eigenvalue weighted by Gasteiger charge is 2.26. The van der Waals surface area contributed by atoms with Gasteiger partial charge in [0.15, 0.2) is 0 Å². The number of aryl methyl sites for hydroxylation is 1. The smallest absolute Gasteiger partial charge is 0.335 e. The molecule has 0 saturated carbocycles. The van der Waals surface area contributed by atoms with Gasteiger partial charge in [-0.25, -0.2) is 13.2 Å². The molecule has 0 unspecified atom stereocenters. The van der Waals surface area contributed by atoms with E-state index >= 15 is 0 Å². The lowest BCUT2D eigenvalue weighted by Gasteiger charge is -2.20. The SMILES string of the molecule is C#CC(C)(C)NS(=O)(=O)c1cc(C(=O)O)ccc1CC. The highest BCUT2D eigenvalue weighted by atomic mass is 32.2. The summed E-state index contributed by atoms with van der Waals surface area (Å²) in [6.45, 7) is 4.90. The van der Waals surface area contributed by atoms with Crippen LogP contribution in [0.5, 0.6) is 0 Å². The minimum atomic E-state index is -3.88. The van der Waals surface area contributed by atoms with Crippen molar-refractivity contribution < 1.29 is 18.3 Å². The second kappa shape index (κ2) is 5.65. The van der Waals surface area contributed by atoms with Gasteiger partial charge in [0, 0.05) is 0 Å².